The van der Waals surface area contributed by atoms with Crippen molar-refractivity contribution in [2.75, 3.05) is 23.9 Å². The van der Waals surface area contributed by atoms with Crippen LogP contribution in [0.25, 0.3) is 0 Å². The van der Waals surface area contributed by atoms with Crippen molar-refractivity contribution < 1.29 is 14.3 Å². The topological polar surface area (TPSA) is 71.5 Å². The van der Waals surface area contributed by atoms with E-state index in [1.807, 2.05) is 12.3 Å². The number of thiazole rings is 1. The van der Waals surface area contributed by atoms with Crippen LogP contribution < -0.4 is 15.0 Å². The van der Waals surface area contributed by atoms with E-state index in [4.69, 9.17) is 4.74 Å². The summed E-state index contributed by atoms with van der Waals surface area (Å²) in [7, 11) is 1.66. The van der Waals surface area contributed by atoms with Gasteiger partial charge in [0.05, 0.1) is 16.9 Å². The van der Waals surface area contributed by atoms with E-state index in [1.54, 1.807) is 25.2 Å². The smallest absolute Gasteiger partial charge is 0.264 e. The SMILES string of the molecule is Cc1csc(NC(=O)c2cccc3c2OCC(=O)N3C)n1. The molecule has 3 rings (SSSR count). The molecule has 0 fully saturated rings. The van der Waals surface area contributed by atoms with Crippen LogP contribution >= 0.6 is 11.3 Å². The molecule has 0 radical (unpaired) electrons. The molecule has 0 bridgehead atoms. The zero-order valence-electron chi connectivity index (χ0n) is 11.5. The summed E-state index contributed by atoms with van der Waals surface area (Å²) in [6.07, 6.45) is 0. The van der Waals surface area contributed by atoms with Crippen molar-refractivity contribution in [3.05, 3.63) is 34.8 Å². The van der Waals surface area contributed by atoms with Gasteiger partial charge in [0.1, 0.15) is 0 Å². The minimum absolute atomic E-state index is 0.0653. The van der Waals surface area contributed by atoms with Gasteiger partial charge in [-0.1, -0.05) is 6.07 Å². The molecule has 7 heteroatoms. The van der Waals surface area contributed by atoms with Crippen LogP contribution in [0.3, 0.4) is 0 Å². The van der Waals surface area contributed by atoms with Crippen molar-refractivity contribution in [1.82, 2.24) is 4.98 Å². The van der Waals surface area contributed by atoms with E-state index in [2.05, 4.69) is 10.3 Å². The van der Waals surface area contributed by atoms with Gasteiger partial charge >= 0.3 is 0 Å². The number of carbonyl (C=O) groups excluding carboxylic acids is 2. The first-order valence-electron chi connectivity index (χ1n) is 6.32. The van der Waals surface area contributed by atoms with Gasteiger partial charge in [-0.2, -0.15) is 0 Å². The van der Waals surface area contributed by atoms with E-state index in [-0.39, 0.29) is 18.4 Å². The number of aromatic nitrogens is 1. The maximum absolute atomic E-state index is 12.4. The summed E-state index contributed by atoms with van der Waals surface area (Å²) < 4.78 is 5.43. The predicted molar refractivity (Wildman–Crippen MR) is 80.2 cm³/mol. The number of hydrogen-bond acceptors (Lipinski definition) is 5. The van der Waals surface area contributed by atoms with Gasteiger partial charge in [0.2, 0.25) is 0 Å². The molecule has 1 aliphatic rings. The number of aryl methyl sites for hydroxylation is 1. The Morgan fingerprint density at radius 2 is 2.29 bits per heavy atom. The van der Waals surface area contributed by atoms with E-state index in [0.717, 1.165) is 5.69 Å². The Morgan fingerprint density at radius 3 is 3.00 bits per heavy atom. The number of anilines is 2. The molecule has 0 saturated carbocycles. The van der Waals surface area contributed by atoms with Gasteiger partial charge in [-0.3, -0.25) is 14.9 Å². The predicted octanol–water partition coefficient (Wildman–Crippen LogP) is 2.06. The highest BCUT2D eigenvalue weighted by Crippen LogP contribution is 2.35. The minimum Gasteiger partial charge on any atom is -0.481 e. The van der Waals surface area contributed by atoms with Crippen LogP contribution in [0.5, 0.6) is 5.75 Å². The van der Waals surface area contributed by atoms with Gasteiger partial charge < -0.3 is 9.64 Å². The average molecular weight is 303 g/mol. The van der Waals surface area contributed by atoms with Crippen LogP contribution in [-0.2, 0) is 4.79 Å². The molecule has 6 nitrogen and oxygen atoms in total. The van der Waals surface area contributed by atoms with Crippen molar-refractivity contribution in [1.29, 1.82) is 0 Å². The van der Waals surface area contributed by atoms with Crippen molar-refractivity contribution in [3.63, 3.8) is 0 Å². The fourth-order valence-corrected chi connectivity index (χ4v) is 2.74. The number of likely N-dealkylation sites (N-methyl/N-ethyl adjacent to an activating group) is 1. The molecular formula is C14H13N3O3S. The molecule has 2 aromatic rings. The van der Waals surface area contributed by atoms with E-state index >= 15 is 0 Å². The quantitative estimate of drug-likeness (QED) is 0.922. The number of carbonyl (C=O) groups is 2. The van der Waals surface area contributed by atoms with Crippen molar-refractivity contribution in [2.45, 2.75) is 6.92 Å². The lowest BCUT2D eigenvalue weighted by atomic mass is 10.1. The summed E-state index contributed by atoms with van der Waals surface area (Å²) in [5, 5.41) is 5.14. The largest absolute Gasteiger partial charge is 0.481 e. The Kier molecular flexibility index (Phi) is 3.34. The second kappa shape index (κ2) is 5.17. The van der Waals surface area contributed by atoms with E-state index in [0.29, 0.717) is 22.1 Å². The number of ether oxygens (including phenoxy) is 1. The van der Waals surface area contributed by atoms with Gasteiger partial charge in [-0.25, -0.2) is 4.98 Å². The van der Waals surface area contributed by atoms with Crippen LogP contribution in [0.4, 0.5) is 10.8 Å². The number of fused-ring (bicyclic) bond motifs is 1. The zero-order chi connectivity index (χ0) is 15.0. The first kappa shape index (κ1) is 13.6. The lowest BCUT2D eigenvalue weighted by Crippen LogP contribution is -2.36. The Morgan fingerprint density at radius 1 is 1.48 bits per heavy atom. The second-order valence-electron chi connectivity index (χ2n) is 4.64. The summed E-state index contributed by atoms with van der Waals surface area (Å²) in [4.78, 5) is 29.7. The number of amides is 2. The lowest BCUT2D eigenvalue weighted by Gasteiger charge is -2.27. The molecule has 2 amide bonds. The highest BCUT2D eigenvalue weighted by molar-refractivity contribution is 7.13. The lowest BCUT2D eigenvalue weighted by molar-refractivity contribution is -0.121. The fourth-order valence-electron chi connectivity index (χ4n) is 2.06. The van der Waals surface area contributed by atoms with Crippen molar-refractivity contribution in [2.24, 2.45) is 0 Å². The molecule has 0 saturated heterocycles. The molecule has 1 aliphatic heterocycles. The third-order valence-corrected chi connectivity index (χ3v) is 4.03. The first-order valence-corrected chi connectivity index (χ1v) is 7.20. The van der Waals surface area contributed by atoms with Gasteiger partial charge in [0, 0.05) is 12.4 Å². The number of para-hydroxylation sites is 1. The molecular weight excluding hydrogens is 290 g/mol. The van der Waals surface area contributed by atoms with Crippen molar-refractivity contribution in [3.8, 4) is 5.75 Å². The summed E-state index contributed by atoms with van der Waals surface area (Å²) in [5.41, 5.74) is 1.83. The molecule has 0 aliphatic carbocycles. The Labute approximate surface area is 125 Å². The van der Waals surface area contributed by atoms with Gasteiger partial charge in [-0.05, 0) is 19.1 Å². The summed E-state index contributed by atoms with van der Waals surface area (Å²) in [6.45, 7) is 1.80. The highest BCUT2D eigenvalue weighted by atomic mass is 32.1. The van der Waals surface area contributed by atoms with Crippen LogP contribution in [-0.4, -0.2) is 30.5 Å². The third-order valence-electron chi connectivity index (χ3n) is 3.15. The number of nitrogens with zero attached hydrogens (tertiary/aromatic N) is 2. The molecule has 1 aromatic heterocycles. The average Bonchev–Trinajstić information content (AvgIpc) is 2.87. The summed E-state index contributed by atoms with van der Waals surface area (Å²) in [5.74, 6) is -0.0232. The monoisotopic (exact) mass is 303 g/mol. The van der Waals surface area contributed by atoms with Gasteiger partial charge in [0.25, 0.3) is 11.8 Å². The van der Waals surface area contributed by atoms with Crippen LogP contribution in [0, 0.1) is 6.92 Å². The third kappa shape index (κ3) is 2.47. The number of rotatable bonds is 2. The molecule has 0 unspecified atom stereocenters. The standard InChI is InChI=1S/C14H13N3O3S/c1-8-7-21-14(15-8)16-13(19)9-4-3-5-10-12(9)20-6-11(18)17(10)2/h3-5,7H,6H2,1-2H3,(H,15,16,19). The second-order valence-corrected chi connectivity index (χ2v) is 5.50. The van der Waals surface area contributed by atoms with Crippen LogP contribution in [0.15, 0.2) is 23.6 Å². The molecule has 0 atom stereocenters. The minimum atomic E-state index is -0.302. The zero-order valence-corrected chi connectivity index (χ0v) is 12.4. The molecule has 2 heterocycles. The van der Waals surface area contributed by atoms with Crippen LogP contribution in [0.2, 0.25) is 0 Å². The van der Waals surface area contributed by atoms with Crippen molar-refractivity contribution >= 4 is 34.0 Å². The summed E-state index contributed by atoms with van der Waals surface area (Å²) in [6, 6.07) is 5.13. The Balaban J connectivity index is 1.92. The fraction of sp³-hybridized carbons (Fsp3) is 0.214. The van der Waals surface area contributed by atoms with E-state index in [1.165, 1.54) is 16.2 Å². The maximum Gasteiger partial charge on any atom is 0.264 e. The molecule has 108 valence electrons. The molecule has 0 spiro atoms. The van der Waals surface area contributed by atoms with Gasteiger partial charge in [0.15, 0.2) is 17.5 Å². The summed E-state index contributed by atoms with van der Waals surface area (Å²) >= 11 is 1.36. The first-order chi connectivity index (χ1) is 10.1. The number of hydrogen-bond donors (Lipinski definition) is 1. The molecule has 1 N–H and O–H groups in total. The maximum atomic E-state index is 12.4. The number of benzene rings is 1. The van der Waals surface area contributed by atoms with Gasteiger partial charge in [-0.15, -0.1) is 11.3 Å². The molecule has 21 heavy (non-hydrogen) atoms. The van der Waals surface area contributed by atoms with E-state index < -0.39 is 0 Å². The normalized spacial score (nSPS) is 13.6. The van der Waals surface area contributed by atoms with E-state index in [9.17, 15) is 9.59 Å². The number of nitrogens with one attached hydrogen (secondary N) is 1. The van der Waals surface area contributed by atoms with Crippen LogP contribution in [0.1, 0.15) is 16.1 Å². The Bertz CT molecular complexity index is 726. The molecule has 1 aromatic carbocycles. The highest BCUT2D eigenvalue weighted by Gasteiger charge is 2.26. The Hall–Kier alpha value is -2.41.